The van der Waals surface area contributed by atoms with E-state index in [1.165, 1.54) is 17.3 Å². The number of H-pyrrole nitrogens is 1. The second-order valence-electron chi connectivity index (χ2n) is 6.64. The van der Waals surface area contributed by atoms with Gasteiger partial charge < -0.3 is 9.32 Å². The average Bonchev–Trinajstić information content (AvgIpc) is 3.22. The van der Waals surface area contributed by atoms with Crippen LogP contribution in [0.3, 0.4) is 0 Å². The third-order valence-electron chi connectivity index (χ3n) is 4.69. The number of aromatic amines is 1. The van der Waals surface area contributed by atoms with E-state index in [0.717, 1.165) is 24.5 Å². The first-order valence-electron chi connectivity index (χ1n) is 9.22. The smallest absolute Gasteiger partial charge is 0.277 e. The highest BCUT2D eigenvalue weighted by molar-refractivity contribution is 7.99. The molecule has 0 unspecified atom stereocenters. The fourth-order valence-corrected chi connectivity index (χ4v) is 3.74. The molecule has 7 nitrogen and oxygen atoms in total. The summed E-state index contributed by atoms with van der Waals surface area (Å²) in [7, 11) is 0. The van der Waals surface area contributed by atoms with E-state index in [9.17, 15) is 4.79 Å². The lowest BCUT2D eigenvalue weighted by molar-refractivity contribution is -0.364. The standard InChI is InChI=1S/C20H21N5O2S/c1-15-5-7-16(8-6-15)19-22-23-20(27-19)28-14-18(26)25-12-10-24(11-13-25)17-4-2-3-9-21-17/h2-9H,10-14H2,1H3/p+1. The number of pyridine rings is 1. The Labute approximate surface area is 167 Å². The molecular weight excluding hydrogens is 374 g/mol. The zero-order valence-electron chi connectivity index (χ0n) is 15.7. The van der Waals surface area contributed by atoms with Gasteiger partial charge in [0, 0.05) is 11.6 Å². The van der Waals surface area contributed by atoms with Gasteiger partial charge in [0.2, 0.25) is 11.8 Å². The predicted octanol–water partition coefficient (Wildman–Crippen LogP) is 2.30. The number of aryl methyl sites for hydroxylation is 1. The zero-order valence-corrected chi connectivity index (χ0v) is 16.5. The van der Waals surface area contributed by atoms with Crippen molar-refractivity contribution >= 4 is 23.5 Å². The van der Waals surface area contributed by atoms with Crippen molar-refractivity contribution in [3.05, 3.63) is 54.2 Å². The van der Waals surface area contributed by atoms with E-state index in [1.807, 2.05) is 54.4 Å². The summed E-state index contributed by atoms with van der Waals surface area (Å²) in [6, 6.07) is 13.9. The van der Waals surface area contributed by atoms with Gasteiger partial charge in [-0.05, 0) is 25.1 Å². The van der Waals surface area contributed by atoms with Crippen LogP contribution in [0.15, 0.2) is 58.3 Å². The SMILES string of the molecule is Cc1ccc(-c2nnc(SCC(=O)N3CCN(c4cccc[nH+]4)CC3)o2)cc1. The summed E-state index contributed by atoms with van der Waals surface area (Å²) in [4.78, 5) is 19.9. The molecule has 0 saturated carbocycles. The average molecular weight is 396 g/mol. The van der Waals surface area contributed by atoms with Gasteiger partial charge in [-0.25, -0.2) is 4.98 Å². The Morgan fingerprint density at radius 1 is 1.11 bits per heavy atom. The lowest BCUT2D eigenvalue weighted by atomic mass is 10.1. The van der Waals surface area contributed by atoms with Crippen molar-refractivity contribution in [1.29, 1.82) is 0 Å². The number of hydrogen-bond acceptors (Lipinski definition) is 6. The third kappa shape index (κ3) is 4.33. The number of hydrogen-bond donors (Lipinski definition) is 0. The second-order valence-corrected chi connectivity index (χ2v) is 7.57. The summed E-state index contributed by atoms with van der Waals surface area (Å²) in [5.74, 6) is 1.95. The normalized spacial score (nSPS) is 14.3. The Morgan fingerprint density at radius 2 is 1.89 bits per heavy atom. The number of thioether (sulfide) groups is 1. The first-order valence-corrected chi connectivity index (χ1v) is 10.2. The van der Waals surface area contributed by atoms with Gasteiger partial charge in [0.25, 0.3) is 11.0 Å². The maximum absolute atomic E-state index is 12.5. The summed E-state index contributed by atoms with van der Waals surface area (Å²) < 4.78 is 5.68. The highest BCUT2D eigenvalue weighted by Gasteiger charge is 2.26. The summed E-state index contributed by atoms with van der Waals surface area (Å²) in [5, 5.41) is 8.54. The molecule has 28 heavy (non-hydrogen) atoms. The van der Waals surface area contributed by atoms with Gasteiger partial charge in [0.15, 0.2) is 0 Å². The molecule has 1 amide bonds. The van der Waals surface area contributed by atoms with Crippen LogP contribution in [0, 0.1) is 6.92 Å². The molecule has 3 heterocycles. The van der Waals surface area contributed by atoms with Crippen molar-refractivity contribution in [3.8, 4) is 11.5 Å². The topological polar surface area (TPSA) is 76.6 Å². The molecule has 2 aromatic heterocycles. The molecule has 0 bridgehead atoms. The number of amides is 1. The van der Waals surface area contributed by atoms with Gasteiger partial charge in [0.05, 0.1) is 25.0 Å². The molecule has 1 aliphatic rings. The van der Waals surface area contributed by atoms with Crippen molar-refractivity contribution in [3.63, 3.8) is 0 Å². The Morgan fingerprint density at radius 3 is 2.61 bits per heavy atom. The van der Waals surface area contributed by atoms with E-state index in [1.54, 1.807) is 0 Å². The van der Waals surface area contributed by atoms with Gasteiger partial charge in [-0.15, -0.1) is 10.2 Å². The number of aromatic nitrogens is 3. The number of benzene rings is 1. The van der Waals surface area contributed by atoms with Crippen LogP contribution in [0.1, 0.15) is 5.56 Å². The summed E-state index contributed by atoms with van der Waals surface area (Å²) in [6.07, 6.45) is 1.92. The Kier molecular flexibility index (Phi) is 5.57. The monoisotopic (exact) mass is 396 g/mol. The van der Waals surface area contributed by atoms with E-state index in [-0.39, 0.29) is 5.91 Å². The molecule has 8 heteroatoms. The molecule has 144 valence electrons. The predicted molar refractivity (Wildman–Crippen MR) is 107 cm³/mol. The number of nitrogens with one attached hydrogen (secondary N) is 1. The van der Waals surface area contributed by atoms with Crippen molar-refractivity contribution in [2.75, 3.05) is 36.8 Å². The van der Waals surface area contributed by atoms with Crippen LogP contribution >= 0.6 is 11.8 Å². The molecule has 1 fully saturated rings. The minimum atomic E-state index is 0.0942. The fourth-order valence-electron chi connectivity index (χ4n) is 3.07. The number of carbonyl (C=O) groups is 1. The Bertz CT molecular complexity index is 921. The summed E-state index contributed by atoms with van der Waals surface area (Å²) in [5.41, 5.74) is 2.05. The number of piperazine rings is 1. The van der Waals surface area contributed by atoms with E-state index in [2.05, 4.69) is 26.1 Å². The molecule has 1 aliphatic heterocycles. The van der Waals surface area contributed by atoms with Crippen molar-refractivity contribution in [2.24, 2.45) is 0 Å². The largest absolute Gasteiger partial charge is 0.411 e. The molecule has 4 rings (SSSR count). The van der Waals surface area contributed by atoms with E-state index < -0.39 is 0 Å². The van der Waals surface area contributed by atoms with Crippen LogP contribution in [0.5, 0.6) is 0 Å². The molecule has 1 aromatic carbocycles. The van der Waals surface area contributed by atoms with E-state index in [4.69, 9.17) is 4.42 Å². The summed E-state index contributed by atoms with van der Waals surface area (Å²) >= 11 is 1.29. The van der Waals surface area contributed by atoms with E-state index in [0.29, 0.717) is 30.0 Å². The van der Waals surface area contributed by atoms with Gasteiger partial charge >= 0.3 is 0 Å². The minimum absolute atomic E-state index is 0.0942. The lowest BCUT2D eigenvalue weighted by Gasteiger charge is -2.30. The highest BCUT2D eigenvalue weighted by atomic mass is 32.2. The number of carbonyl (C=O) groups excluding carboxylic acids is 1. The first kappa shape index (κ1) is 18.5. The number of rotatable bonds is 5. The molecule has 1 N–H and O–H groups in total. The van der Waals surface area contributed by atoms with Crippen LogP contribution in [-0.4, -0.2) is 52.9 Å². The second kappa shape index (κ2) is 8.43. The third-order valence-corrected chi connectivity index (χ3v) is 5.49. The Balaban J connectivity index is 1.28. The molecule has 0 spiro atoms. The Hall–Kier alpha value is -2.87. The number of nitrogens with zero attached hydrogens (tertiary/aromatic N) is 4. The van der Waals surface area contributed by atoms with Gasteiger partial charge in [-0.2, -0.15) is 0 Å². The van der Waals surface area contributed by atoms with Crippen LogP contribution in [0.25, 0.3) is 11.5 Å². The van der Waals surface area contributed by atoms with Crippen LogP contribution in [0.4, 0.5) is 5.82 Å². The van der Waals surface area contributed by atoms with Crippen molar-refractivity contribution in [2.45, 2.75) is 12.1 Å². The zero-order chi connectivity index (χ0) is 19.3. The molecule has 1 saturated heterocycles. The highest BCUT2D eigenvalue weighted by Crippen LogP contribution is 2.23. The van der Waals surface area contributed by atoms with E-state index >= 15 is 0 Å². The minimum Gasteiger partial charge on any atom is -0.411 e. The molecule has 0 aliphatic carbocycles. The first-order chi connectivity index (χ1) is 13.7. The quantitative estimate of drug-likeness (QED) is 0.616. The molecule has 3 aromatic rings. The lowest BCUT2D eigenvalue weighted by Crippen LogP contribution is -2.50. The number of anilines is 1. The molecule has 0 radical (unpaired) electrons. The van der Waals surface area contributed by atoms with Gasteiger partial charge in [-0.1, -0.05) is 35.5 Å². The van der Waals surface area contributed by atoms with Crippen molar-refractivity contribution < 1.29 is 14.2 Å². The van der Waals surface area contributed by atoms with Crippen molar-refractivity contribution in [1.82, 2.24) is 15.1 Å². The molecular formula is C20H22N5O2S+. The van der Waals surface area contributed by atoms with Crippen LogP contribution < -0.4 is 9.88 Å². The van der Waals surface area contributed by atoms with Gasteiger partial charge in [-0.3, -0.25) is 9.69 Å². The molecule has 0 atom stereocenters. The van der Waals surface area contributed by atoms with Crippen LogP contribution in [-0.2, 0) is 4.79 Å². The maximum Gasteiger partial charge on any atom is 0.277 e. The summed E-state index contributed by atoms with van der Waals surface area (Å²) in [6.45, 7) is 5.08. The van der Waals surface area contributed by atoms with Gasteiger partial charge in [0.1, 0.15) is 13.1 Å². The van der Waals surface area contributed by atoms with Crippen LogP contribution in [0.2, 0.25) is 0 Å². The maximum atomic E-state index is 12.5. The fraction of sp³-hybridized carbons (Fsp3) is 0.300.